The van der Waals surface area contributed by atoms with E-state index >= 15 is 0 Å². The molecule has 30 heavy (non-hydrogen) atoms. The van der Waals surface area contributed by atoms with Gasteiger partial charge in [0.05, 0.1) is 14.9 Å². The van der Waals surface area contributed by atoms with Gasteiger partial charge in [0.15, 0.2) is 12.4 Å². The van der Waals surface area contributed by atoms with Crippen LogP contribution in [0.1, 0.15) is 19.4 Å². The molecule has 0 unspecified atom stereocenters. The van der Waals surface area contributed by atoms with Gasteiger partial charge in [-0.05, 0) is 30.5 Å². The molecule has 0 aliphatic heterocycles. The summed E-state index contributed by atoms with van der Waals surface area (Å²) < 4.78 is 32.3. The monoisotopic (exact) mass is 473 g/mol. The van der Waals surface area contributed by atoms with Crippen molar-refractivity contribution in [3.8, 4) is 0 Å². The maximum atomic E-state index is 12.5. The zero-order valence-electron chi connectivity index (χ0n) is 16.5. The molecule has 0 radical (unpaired) electrons. The largest absolute Gasteiger partial charge is 0.454 e. The average molecular weight is 474 g/mol. The van der Waals surface area contributed by atoms with E-state index < -0.39 is 40.5 Å². The summed E-state index contributed by atoms with van der Waals surface area (Å²) in [7, 11) is -3.94. The van der Waals surface area contributed by atoms with Gasteiger partial charge in [-0.15, -0.1) is 0 Å². The summed E-state index contributed by atoms with van der Waals surface area (Å²) in [5.74, 6) is -1.92. The molecule has 162 valence electrons. The molecule has 2 N–H and O–H groups in total. The summed E-state index contributed by atoms with van der Waals surface area (Å²) in [4.78, 5) is 28.5. The smallest absolute Gasteiger partial charge is 0.324 e. The Bertz CT molecular complexity index is 1030. The predicted molar refractivity (Wildman–Crippen MR) is 114 cm³/mol. The van der Waals surface area contributed by atoms with Crippen molar-refractivity contribution in [2.24, 2.45) is 5.92 Å². The van der Waals surface area contributed by atoms with E-state index in [-0.39, 0.29) is 15.7 Å². The fourth-order valence-electron chi connectivity index (χ4n) is 2.33. The first-order valence-corrected chi connectivity index (χ1v) is 11.1. The fraction of sp³-hybridized carbons (Fsp3) is 0.316. The number of aromatic nitrogens is 1. The van der Waals surface area contributed by atoms with Crippen molar-refractivity contribution < 1.29 is 22.7 Å². The second-order valence-electron chi connectivity index (χ2n) is 6.71. The first-order valence-electron chi connectivity index (χ1n) is 8.87. The number of benzene rings is 1. The van der Waals surface area contributed by atoms with E-state index in [9.17, 15) is 18.0 Å². The molecule has 0 saturated carbocycles. The number of anilines is 1. The van der Waals surface area contributed by atoms with Gasteiger partial charge in [-0.2, -0.15) is 4.72 Å². The third kappa shape index (κ3) is 6.15. The van der Waals surface area contributed by atoms with Crippen molar-refractivity contribution in [2.45, 2.75) is 31.7 Å². The second kappa shape index (κ2) is 10.2. The molecule has 0 fully saturated rings. The molecule has 0 saturated heterocycles. The molecular weight excluding hydrogens is 453 g/mol. The maximum absolute atomic E-state index is 12.5. The summed E-state index contributed by atoms with van der Waals surface area (Å²) in [5, 5.41) is 2.93. The number of nitrogens with one attached hydrogen (secondary N) is 2. The molecule has 0 aliphatic carbocycles. The minimum absolute atomic E-state index is 0.0139. The van der Waals surface area contributed by atoms with Gasteiger partial charge in [0.2, 0.25) is 10.0 Å². The van der Waals surface area contributed by atoms with Gasteiger partial charge in [-0.1, -0.05) is 55.2 Å². The van der Waals surface area contributed by atoms with Crippen molar-refractivity contribution in [2.75, 3.05) is 11.9 Å². The Morgan fingerprint density at radius 1 is 1.17 bits per heavy atom. The van der Waals surface area contributed by atoms with Crippen LogP contribution in [-0.2, 0) is 24.3 Å². The Balaban J connectivity index is 2.02. The van der Waals surface area contributed by atoms with E-state index in [1.165, 1.54) is 18.3 Å². The lowest BCUT2D eigenvalue weighted by Gasteiger charge is -2.20. The zero-order chi connectivity index (χ0) is 22.5. The maximum Gasteiger partial charge on any atom is 0.324 e. The number of carbonyl (C=O) groups is 2. The van der Waals surface area contributed by atoms with E-state index in [2.05, 4.69) is 15.0 Å². The average Bonchev–Trinajstić information content (AvgIpc) is 2.71. The Morgan fingerprint density at radius 2 is 1.80 bits per heavy atom. The molecule has 1 aromatic heterocycles. The highest BCUT2D eigenvalue weighted by molar-refractivity contribution is 7.89. The Kier molecular flexibility index (Phi) is 8.19. The minimum atomic E-state index is -3.94. The summed E-state index contributed by atoms with van der Waals surface area (Å²) in [6.07, 6.45) is 1.33. The van der Waals surface area contributed by atoms with Crippen molar-refractivity contribution in [3.05, 3.63) is 52.1 Å². The minimum Gasteiger partial charge on any atom is -0.454 e. The number of carbonyl (C=O) groups excluding carboxylic acids is 2. The topological polar surface area (TPSA) is 114 Å². The quantitative estimate of drug-likeness (QED) is 0.568. The first kappa shape index (κ1) is 24.1. The van der Waals surface area contributed by atoms with Gasteiger partial charge >= 0.3 is 5.97 Å². The Labute approximate surface area is 185 Å². The van der Waals surface area contributed by atoms with Crippen LogP contribution in [0.3, 0.4) is 0 Å². The van der Waals surface area contributed by atoms with E-state index in [1.54, 1.807) is 39.0 Å². The number of rotatable bonds is 8. The Hall–Kier alpha value is -2.20. The van der Waals surface area contributed by atoms with Crippen molar-refractivity contribution in [1.82, 2.24) is 9.71 Å². The molecule has 2 aromatic rings. The standard InChI is InChI=1S/C19H21Cl2N3O5S/c1-11(2)17(24-30(27,28)13-7-5-4-6-8-13)19(26)29-10-15(25)23-18-16(21)12(3)14(20)9-22-18/h4-9,11,17,24H,10H2,1-3H3,(H,22,23,25)/t17-/m1/s1. The third-order valence-electron chi connectivity index (χ3n) is 4.06. The molecule has 8 nitrogen and oxygen atoms in total. The highest BCUT2D eigenvalue weighted by Gasteiger charge is 2.30. The van der Waals surface area contributed by atoms with Crippen LogP contribution in [0.5, 0.6) is 0 Å². The molecule has 11 heteroatoms. The molecule has 0 spiro atoms. The van der Waals surface area contributed by atoms with Crippen molar-refractivity contribution in [1.29, 1.82) is 0 Å². The number of nitrogens with zero attached hydrogens (tertiary/aromatic N) is 1. The van der Waals surface area contributed by atoms with Crippen LogP contribution in [0, 0.1) is 12.8 Å². The van der Waals surface area contributed by atoms with Gasteiger partial charge in [-0.25, -0.2) is 13.4 Å². The summed E-state index contributed by atoms with van der Waals surface area (Å²) in [5.41, 5.74) is 0.538. The van der Waals surface area contributed by atoms with Crippen LogP contribution in [0.2, 0.25) is 10.0 Å². The molecular formula is C19H21Cl2N3O5S. The molecule has 1 aromatic carbocycles. The molecule has 0 aliphatic rings. The highest BCUT2D eigenvalue weighted by Crippen LogP contribution is 2.28. The number of esters is 1. The number of ether oxygens (including phenoxy) is 1. The van der Waals surface area contributed by atoms with Crippen molar-refractivity contribution in [3.63, 3.8) is 0 Å². The fourth-order valence-corrected chi connectivity index (χ4v) is 4.07. The van der Waals surface area contributed by atoms with Gasteiger partial charge in [0.1, 0.15) is 6.04 Å². The highest BCUT2D eigenvalue weighted by atomic mass is 35.5. The number of halogens is 2. The summed E-state index contributed by atoms with van der Waals surface area (Å²) in [6.45, 7) is 4.32. The van der Waals surface area contributed by atoms with E-state index in [0.29, 0.717) is 10.6 Å². The number of pyridine rings is 1. The molecule has 0 bridgehead atoms. The van der Waals surface area contributed by atoms with E-state index in [0.717, 1.165) is 0 Å². The molecule has 1 heterocycles. The number of hydrogen-bond donors (Lipinski definition) is 2. The van der Waals surface area contributed by atoms with Gasteiger partial charge in [-0.3, -0.25) is 9.59 Å². The summed E-state index contributed by atoms with van der Waals surface area (Å²) >= 11 is 12.0. The SMILES string of the molecule is Cc1c(Cl)cnc(NC(=O)COC(=O)[C@H](NS(=O)(=O)c2ccccc2)C(C)C)c1Cl. The predicted octanol–water partition coefficient (Wildman–Crippen LogP) is 3.18. The van der Waals surface area contributed by atoms with Crippen LogP contribution >= 0.6 is 23.2 Å². The lowest BCUT2D eigenvalue weighted by molar-refractivity contribution is -0.150. The third-order valence-corrected chi connectivity index (χ3v) is 6.36. The molecule has 1 atom stereocenters. The van der Waals surface area contributed by atoms with Crippen LogP contribution in [0.4, 0.5) is 5.82 Å². The number of sulfonamides is 1. The Morgan fingerprint density at radius 3 is 2.40 bits per heavy atom. The number of hydrogen-bond acceptors (Lipinski definition) is 6. The van der Waals surface area contributed by atoms with Gasteiger partial charge in [0, 0.05) is 6.20 Å². The first-order chi connectivity index (χ1) is 14.0. The molecule has 2 rings (SSSR count). The van der Waals surface area contributed by atoms with Crippen LogP contribution < -0.4 is 10.0 Å². The number of amides is 1. The molecule has 1 amide bonds. The van der Waals surface area contributed by atoms with Gasteiger partial charge in [0.25, 0.3) is 5.91 Å². The van der Waals surface area contributed by atoms with Crippen LogP contribution in [-0.4, -0.2) is 37.9 Å². The van der Waals surface area contributed by atoms with Crippen molar-refractivity contribution >= 4 is 50.9 Å². The zero-order valence-corrected chi connectivity index (χ0v) is 18.8. The van der Waals surface area contributed by atoms with E-state index in [4.69, 9.17) is 27.9 Å². The second-order valence-corrected chi connectivity index (χ2v) is 9.20. The normalized spacial score (nSPS) is 12.5. The summed E-state index contributed by atoms with van der Waals surface area (Å²) in [6, 6.07) is 6.45. The van der Waals surface area contributed by atoms with E-state index in [1.807, 2.05) is 0 Å². The van der Waals surface area contributed by atoms with Crippen LogP contribution in [0.25, 0.3) is 0 Å². The van der Waals surface area contributed by atoms with Gasteiger partial charge < -0.3 is 10.1 Å². The van der Waals surface area contributed by atoms with Crippen LogP contribution in [0.15, 0.2) is 41.4 Å². The lowest BCUT2D eigenvalue weighted by Crippen LogP contribution is -2.45. The lowest BCUT2D eigenvalue weighted by atomic mass is 10.1.